The van der Waals surface area contributed by atoms with Crippen LogP contribution in [0.1, 0.15) is 57.8 Å². The highest BCUT2D eigenvalue weighted by molar-refractivity contribution is 7.16. The molecule has 3 heterocycles. The van der Waals surface area contributed by atoms with Crippen molar-refractivity contribution in [1.82, 2.24) is 5.32 Å². The first-order valence-electron chi connectivity index (χ1n) is 11.1. The van der Waals surface area contributed by atoms with Gasteiger partial charge < -0.3 is 14.6 Å². The summed E-state index contributed by atoms with van der Waals surface area (Å²) in [6.45, 7) is 2.67. The van der Waals surface area contributed by atoms with E-state index in [1.54, 1.807) is 17.6 Å². The number of thiophene rings is 1. The number of furan rings is 1. The maximum atomic E-state index is 13.1. The summed E-state index contributed by atoms with van der Waals surface area (Å²) in [6, 6.07) is 12.3. The van der Waals surface area contributed by atoms with E-state index in [0.717, 1.165) is 54.2 Å². The predicted octanol–water partition coefficient (Wildman–Crippen LogP) is 5.50. The summed E-state index contributed by atoms with van der Waals surface area (Å²) in [4.78, 5) is 21.6. The van der Waals surface area contributed by atoms with Crippen molar-refractivity contribution >= 4 is 34.1 Å². The molecule has 0 bridgehead atoms. The number of carbonyl (C=O) groups excluding carboxylic acids is 1. The quantitative estimate of drug-likeness (QED) is 0.522. The first kappa shape index (κ1) is 20.1. The molecule has 0 atom stereocenters. The summed E-state index contributed by atoms with van der Waals surface area (Å²) in [5, 5.41) is 3.82. The van der Waals surface area contributed by atoms with Gasteiger partial charge in [0.1, 0.15) is 10.8 Å². The number of nitrogens with zero attached hydrogens (tertiary/aromatic N) is 2. The van der Waals surface area contributed by atoms with Crippen LogP contribution < -0.4 is 10.2 Å². The molecule has 1 aliphatic carbocycles. The SMILES string of the molecule is O=C(NCc1ccco1)c1c(N=Cc2ccc(N3CCCC3)cc2)sc2c1CCCC2. The number of anilines is 1. The zero-order chi connectivity index (χ0) is 21.0. The zero-order valence-corrected chi connectivity index (χ0v) is 18.4. The van der Waals surface area contributed by atoms with E-state index in [1.807, 2.05) is 18.3 Å². The van der Waals surface area contributed by atoms with Gasteiger partial charge in [-0.05, 0) is 73.9 Å². The smallest absolute Gasteiger partial charge is 0.255 e. The molecule has 0 saturated carbocycles. The Bertz CT molecular complexity index is 1060. The second kappa shape index (κ2) is 9.10. The van der Waals surface area contributed by atoms with Crippen LogP contribution in [0.15, 0.2) is 52.1 Å². The van der Waals surface area contributed by atoms with Crippen LogP contribution in [0.5, 0.6) is 0 Å². The fourth-order valence-electron chi connectivity index (χ4n) is 4.43. The molecule has 1 N–H and O–H groups in total. The van der Waals surface area contributed by atoms with Crippen LogP contribution in [0.2, 0.25) is 0 Å². The lowest BCUT2D eigenvalue weighted by atomic mass is 9.95. The minimum atomic E-state index is -0.0627. The molecule has 31 heavy (non-hydrogen) atoms. The summed E-state index contributed by atoms with van der Waals surface area (Å²) in [5.74, 6) is 0.688. The van der Waals surface area contributed by atoms with Gasteiger partial charge in [0, 0.05) is 29.9 Å². The molecular weight excluding hydrogens is 406 g/mol. The van der Waals surface area contributed by atoms with Crippen molar-refractivity contribution in [3.63, 3.8) is 0 Å². The number of nitrogens with one attached hydrogen (secondary N) is 1. The second-order valence-electron chi connectivity index (χ2n) is 8.20. The first-order chi connectivity index (χ1) is 15.3. The van der Waals surface area contributed by atoms with Gasteiger partial charge in [0.2, 0.25) is 0 Å². The molecule has 6 heteroatoms. The lowest BCUT2D eigenvalue weighted by Gasteiger charge is -2.17. The van der Waals surface area contributed by atoms with Gasteiger partial charge in [-0.3, -0.25) is 4.79 Å². The third-order valence-electron chi connectivity index (χ3n) is 6.08. The Hall–Kier alpha value is -2.86. The van der Waals surface area contributed by atoms with E-state index < -0.39 is 0 Å². The third kappa shape index (κ3) is 4.44. The average Bonchev–Trinajstić information content (AvgIpc) is 3.57. The Morgan fingerprint density at radius 2 is 1.90 bits per heavy atom. The van der Waals surface area contributed by atoms with Gasteiger partial charge in [-0.15, -0.1) is 11.3 Å². The predicted molar refractivity (Wildman–Crippen MR) is 126 cm³/mol. The van der Waals surface area contributed by atoms with Gasteiger partial charge in [0.05, 0.1) is 18.4 Å². The molecule has 2 aromatic heterocycles. The number of hydrogen-bond acceptors (Lipinski definition) is 5. The van der Waals surface area contributed by atoms with Crippen LogP contribution in [0, 0.1) is 0 Å². The molecular formula is C25H27N3O2S. The molecule has 2 aliphatic rings. The second-order valence-corrected chi connectivity index (χ2v) is 9.28. The molecule has 5 nitrogen and oxygen atoms in total. The largest absolute Gasteiger partial charge is 0.467 e. The molecule has 160 valence electrons. The van der Waals surface area contributed by atoms with Gasteiger partial charge in [-0.1, -0.05) is 12.1 Å². The van der Waals surface area contributed by atoms with E-state index in [4.69, 9.17) is 9.41 Å². The van der Waals surface area contributed by atoms with E-state index in [1.165, 1.54) is 35.4 Å². The molecule has 3 aromatic rings. The Morgan fingerprint density at radius 3 is 2.68 bits per heavy atom. The number of amides is 1. The van der Waals surface area contributed by atoms with E-state index >= 15 is 0 Å². The van der Waals surface area contributed by atoms with Crippen LogP contribution in [0.4, 0.5) is 10.7 Å². The molecule has 1 aliphatic heterocycles. The number of benzene rings is 1. The van der Waals surface area contributed by atoms with Crippen molar-refractivity contribution < 1.29 is 9.21 Å². The van der Waals surface area contributed by atoms with Gasteiger partial charge in [-0.25, -0.2) is 4.99 Å². The Labute approximate surface area is 186 Å². The summed E-state index contributed by atoms with van der Waals surface area (Å²) in [5.41, 5.74) is 4.26. The Morgan fingerprint density at radius 1 is 1.10 bits per heavy atom. The minimum Gasteiger partial charge on any atom is -0.467 e. The van der Waals surface area contributed by atoms with Crippen molar-refractivity contribution in [3.8, 4) is 0 Å². The fourth-order valence-corrected chi connectivity index (χ4v) is 5.66. The van der Waals surface area contributed by atoms with Crippen LogP contribution in [-0.4, -0.2) is 25.2 Å². The Balaban J connectivity index is 1.36. The summed E-state index contributed by atoms with van der Waals surface area (Å²) in [6.07, 6.45) is 10.4. The Kier molecular flexibility index (Phi) is 5.89. The van der Waals surface area contributed by atoms with Gasteiger partial charge in [0.25, 0.3) is 5.91 Å². The molecule has 5 rings (SSSR count). The summed E-state index contributed by atoms with van der Waals surface area (Å²) >= 11 is 1.67. The fraction of sp³-hybridized carbons (Fsp3) is 0.360. The number of hydrogen-bond donors (Lipinski definition) is 1. The molecule has 1 saturated heterocycles. The van der Waals surface area contributed by atoms with Crippen LogP contribution >= 0.6 is 11.3 Å². The molecule has 1 amide bonds. The van der Waals surface area contributed by atoms with Gasteiger partial charge in [0.15, 0.2) is 0 Å². The lowest BCUT2D eigenvalue weighted by molar-refractivity contribution is 0.0948. The van der Waals surface area contributed by atoms with Gasteiger partial charge >= 0.3 is 0 Å². The van der Waals surface area contributed by atoms with Crippen molar-refractivity contribution in [2.24, 2.45) is 4.99 Å². The van der Waals surface area contributed by atoms with Crippen LogP contribution in [0.3, 0.4) is 0 Å². The maximum absolute atomic E-state index is 13.1. The lowest BCUT2D eigenvalue weighted by Crippen LogP contribution is -2.23. The highest BCUT2D eigenvalue weighted by Gasteiger charge is 2.25. The van der Waals surface area contributed by atoms with E-state index in [0.29, 0.717) is 6.54 Å². The van der Waals surface area contributed by atoms with Crippen molar-refractivity contribution in [2.45, 2.75) is 45.1 Å². The summed E-state index contributed by atoms with van der Waals surface area (Å²) < 4.78 is 5.35. The molecule has 1 aromatic carbocycles. The number of rotatable bonds is 6. The monoisotopic (exact) mass is 433 g/mol. The zero-order valence-electron chi connectivity index (χ0n) is 17.6. The van der Waals surface area contributed by atoms with E-state index in [-0.39, 0.29) is 5.91 Å². The maximum Gasteiger partial charge on any atom is 0.255 e. The number of aryl methyl sites for hydroxylation is 1. The third-order valence-corrected chi connectivity index (χ3v) is 7.28. The van der Waals surface area contributed by atoms with E-state index in [2.05, 4.69) is 34.5 Å². The van der Waals surface area contributed by atoms with Crippen LogP contribution in [-0.2, 0) is 19.4 Å². The average molecular weight is 434 g/mol. The van der Waals surface area contributed by atoms with Crippen molar-refractivity contribution in [2.75, 3.05) is 18.0 Å². The highest BCUT2D eigenvalue weighted by Crippen LogP contribution is 2.40. The summed E-state index contributed by atoms with van der Waals surface area (Å²) in [7, 11) is 0. The van der Waals surface area contributed by atoms with Crippen LogP contribution in [0.25, 0.3) is 0 Å². The topological polar surface area (TPSA) is 57.8 Å². The molecule has 0 radical (unpaired) electrons. The standard InChI is InChI=1S/C25H27N3O2S/c29-24(26-17-20-6-5-15-30-20)23-21-7-1-2-8-22(21)31-25(23)27-16-18-9-11-19(12-10-18)28-13-3-4-14-28/h5-6,9-12,15-16H,1-4,7-8,13-14,17H2,(H,26,29). The van der Waals surface area contributed by atoms with Crippen molar-refractivity contribution in [3.05, 3.63) is 70.0 Å². The van der Waals surface area contributed by atoms with Crippen molar-refractivity contribution in [1.29, 1.82) is 0 Å². The molecule has 0 unspecified atom stereocenters. The number of fused-ring (bicyclic) bond motifs is 1. The van der Waals surface area contributed by atoms with E-state index in [9.17, 15) is 4.79 Å². The number of carbonyl (C=O) groups is 1. The molecule has 0 spiro atoms. The first-order valence-corrected chi connectivity index (χ1v) is 11.9. The highest BCUT2D eigenvalue weighted by atomic mass is 32.1. The number of aliphatic imine (C=N–C) groups is 1. The normalized spacial score (nSPS) is 16.1. The minimum absolute atomic E-state index is 0.0627. The molecule has 1 fully saturated rings. The van der Waals surface area contributed by atoms with Gasteiger partial charge in [-0.2, -0.15) is 0 Å².